The predicted molar refractivity (Wildman–Crippen MR) is 70.9 cm³/mol. The van der Waals surface area contributed by atoms with Crippen molar-refractivity contribution in [2.75, 3.05) is 0 Å². The van der Waals surface area contributed by atoms with Gasteiger partial charge in [0.2, 0.25) is 0 Å². The summed E-state index contributed by atoms with van der Waals surface area (Å²) < 4.78 is 13.1. The van der Waals surface area contributed by atoms with Crippen molar-refractivity contribution in [1.82, 2.24) is 9.97 Å². The number of allylic oxidation sites excluding steroid dienone is 2. The van der Waals surface area contributed by atoms with Crippen LogP contribution >= 0.6 is 0 Å². The summed E-state index contributed by atoms with van der Waals surface area (Å²) in [5.74, 6) is 0.137. The van der Waals surface area contributed by atoms with Gasteiger partial charge in [-0.1, -0.05) is 12.1 Å². The van der Waals surface area contributed by atoms with Crippen molar-refractivity contribution < 1.29 is 9.18 Å². The Bertz CT molecular complexity index is 658. The van der Waals surface area contributed by atoms with Gasteiger partial charge in [0.05, 0.1) is 17.6 Å². The maximum absolute atomic E-state index is 13.1. The number of benzene rings is 1. The van der Waals surface area contributed by atoms with E-state index in [9.17, 15) is 9.18 Å². The van der Waals surface area contributed by atoms with E-state index in [1.54, 1.807) is 25.1 Å². The Morgan fingerprint density at radius 2 is 2.26 bits per heavy atom. The number of aldehydes is 1. The average molecular weight is 257 g/mol. The molecule has 1 aromatic heterocycles. The van der Waals surface area contributed by atoms with Crippen LogP contribution in [-0.4, -0.2) is 22.0 Å². The number of aromatic amines is 1. The highest BCUT2D eigenvalue weighted by molar-refractivity contribution is 6.09. The van der Waals surface area contributed by atoms with Gasteiger partial charge in [-0.05, 0) is 30.7 Å². The number of rotatable bonds is 4. The molecule has 0 aliphatic carbocycles. The van der Waals surface area contributed by atoms with Crippen LogP contribution in [0, 0.1) is 11.2 Å². The Morgan fingerprint density at radius 1 is 1.47 bits per heavy atom. The molecule has 5 heteroatoms. The highest BCUT2D eigenvalue weighted by Crippen LogP contribution is 2.12. The van der Waals surface area contributed by atoms with Gasteiger partial charge in [0.15, 0.2) is 6.29 Å². The predicted octanol–water partition coefficient (Wildman–Crippen LogP) is 2.83. The first-order valence-corrected chi connectivity index (χ1v) is 5.63. The molecule has 0 fully saturated rings. The highest BCUT2D eigenvalue weighted by atomic mass is 19.1. The van der Waals surface area contributed by atoms with E-state index < -0.39 is 0 Å². The Hall–Kier alpha value is -2.56. The number of H-pyrrole nitrogens is 1. The number of hydrogen-bond acceptors (Lipinski definition) is 3. The molecule has 19 heavy (non-hydrogen) atoms. The van der Waals surface area contributed by atoms with Crippen LogP contribution in [0.2, 0.25) is 0 Å². The first kappa shape index (κ1) is 12.9. The van der Waals surface area contributed by atoms with Crippen LogP contribution in [0.4, 0.5) is 4.39 Å². The summed E-state index contributed by atoms with van der Waals surface area (Å²) in [6.45, 7) is 1.77. The maximum atomic E-state index is 13.1. The Labute approximate surface area is 109 Å². The van der Waals surface area contributed by atoms with E-state index in [-0.39, 0.29) is 11.5 Å². The molecule has 0 aliphatic rings. The molecule has 2 N–H and O–H groups in total. The molecule has 0 radical (unpaired) electrons. The lowest BCUT2D eigenvalue weighted by Gasteiger charge is -2.01. The molecule has 0 spiro atoms. The van der Waals surface area contributed by atoms with Crippen molar-refractivity contribution in [1.29, 1.82) is 5.41 Å². The lowest BCUT2D eigenvalue weighted by molar-refractivity contribution is 0.111. The Kier molecular flexibility index (Phi) is 3.66. The van der Waals surface area contributed by atoms with Gasteiger partial charge in [-0.25, -0.2) is 9.37 Å². The number of aromatic nitrogens is 2. The lowest BCUT2D eigenvalue weighted by atomic mass is 10.1. The summed E-state index contributed by atoms with van der Waals surface area (Å²) in [6.07, 6.45) is 3.66. The molecule has 0 amide bonds. The molecule has 1 aromatic carbocycles. The average Bonchev–Trinajstić information content (AvgIpc) is 2.87. The molecular weight excluding hydrogens is 245 g/mol. The molecule has 0 saturated carbocycles. The van der Waals surface area contributed by atoms with Gasteiger partial charge in [-0.15, -0.1) is 0 Å². The Balaban J connectivity index is 2.25. The van der Waals surface area contributed by atoms with E-state index in [2.05, 4.69) is 9.97 Å². The number of hydrogen-bond donors (Lipinski definition) is 2. The summed E-state index contributed by atoms with van der Waals surface area (Å²) in [5, 5.41) is 7.90. The van der Waals surface area contributed by atoms with Crippen LogP contribution in [0.5, 0.6) is 0 Å². The van der Waals surface area contributed by atoms with Crippen LogP contribution in [0.15, 0.2) is 36.5 Å². The zero-order valence-electron chi connectivity index (χ0n) is 10.3. The largest absolute Gasteiger partial charge is 0.336 e. The van der Waals surface area contributed by atoms with Crippen LogP contribution in [0.1, 0.15) is 28.8 Å². The normalized spacial score (nSPS) is 11.4. The Morgan fingerprint density at radius 3 is 2.89 bits per heavy atom. The molecule has 0 unspecified atom stereocenters. The van der Waals surface area contributed by atoms with Crippen LogP contribution in [0.3, 0.4) is 0 Å². The van der Waals surface area contributed by atoms with E-state index >= 15 is 0 Å². The number of nitrogens with zero attached hydrogens (tertiary/aromatic N) is 1. The fourth-order valence-corrected chi connectivity index (χ4v) is 1.62. The second-order valence-corrected chi connectivity index (χ2v) is 4.06. The molecule has 4 nitrogen and oxygen atoms in total. The molecular formula is C14H12FN3O. The van der Waals surface area contributed by atoms with Gasteiger partial charge in [0, 0.05) is 5.56 Å². The minimum Gasteiger partial charge on any atom is -0.336 e. The fraction of sp³-hybridized carbons (Fsp3) is 0.0714. The molecule has 0 aliphatic heterocycles. The third kappa shape index (κ3) is 3.01. The van der Waals surface area contributed by atoms with E-state index in [1.807, 2.05) is 0 Å². The van der Waals surface area contributed by atoms with Crippen molar-refractivity contribution >= 4 is 17.6 Å². The monoisotopic (exact) mass is 257 g/mol. The minimum atomic E-state index is -0.380. The molecule has 0 saturated heterocycles. The first-order valence-electron chi connectivity index (χ1n) is 5.63. The molecule has 2 rings (SSSR count). The number of nitrogens with one attached hydrogen (secondary N) is 2. The SMILES string of the molecule is C/C(=C/C(=N)c1cccc(F)c1)c1ncc(C=O)[nH]1. The summed E-state index contributed by atoms with van der Waals surface area (Å²) in [5.41, 5.74) is 1.74. The van der Waals surface area contributed by atoms with Gasteiger partial charge >= 0.3 is 0 Å². The zero-order valence-corrected chi connectivity index (χ0v) is 10.3. The highest BCUT2D eigenvalue weighted by Gasteiger charge is 2.05. The van der Waals surface area contributed by atoms with Crippen molar-refractivity contribution in [2.45, 2.75) is 6.92 Å². The van der Waals surface area contributed by atoms with E-state index in [1.165, 1.54) is 18.3 Å². The second-order valence-electron chi connectivity index (χ2n) is 4.06. The summed E-state index contributed by atoms with van der Waals surface area (Å²) >= 11 is 0. The molecule has 2 aromatic rings. The van der Waals surface area contributed by atoms with Gasteiger partial charge in [-0.2, -0.15) is 0 Å². The van der Waals surface area contributed by atoms with Crippen molar-refractivity contribution in [2.24, 2.45) is 0 Å². The van der Waals surface area contributed by atoms with Crippen LogP contribution in [-0.2, 0) is 0 Å². The van der Waals surface area contributed by atoms with Gasteiger partial charge < -0.3 is 10.4 Å². The smallest absolute Gasteiger partial charge is 0.167 e. The van der Waals surface area contributed by atoms with Crippen LogP contribution in [0.25, 0.3) is 5.57 Å². The minimum absolute atomic E-state index is 0.182. The molecule has 1 heterocycles. The van der Waals surface area contributed by atoms with E-state index in [0.717, 1.165) is 0 Å². The number of halogens is 1. The number of carbonyl (C=O) groups is 1. The van der Waals surface area contributed by atoms with Gasteiger partial charge in [0.25, 0.3) is 0 Å². The maximum Gasteiger partial charge on any atom is 0.167 e. The first-order chi connectivity index (χ1) is 9.10. The molecule has 96 valence electrons. The number of carbonyl (C=O) groups excluding carboxylic acids is 1. The summed E-state index contributed by atoms with van der Waals surface area (Å²) in [7, 11) is 0. The van der Waals surface area contributed by atoms with E-state index in [4.69, 9.17) is 5.41 Å². The number of imidazole rings is 1. The third-order valence-corrected chi connectivity index (χ3v) is 2.59. The summed E-state index contributed by atoms with van der Waals surface area (Å²) in [4.78, 5) is 17.4. The third-order valence-electron chi connectivity index (χ3n) is 2.59. The zero-order chi connectivity index (χ0) is 13.8. The van der Waals surface area contributed by atoms with Gasteiger partial charge in [0.1, 0.15) is 11.6 Å². The lowest BCUT2D eigenvalue weighted by Crippen LogP contribution is -1.97. The quantitative estimate of drug-likeness (QED) is 0.653. The van der Waals surface area contributed by atoms with Crippen molar-refractivity contribution in [3.63, 3.8) is 0 Å². The standard InChI is InChI=1S/C14H12FN3O/c1-9(14-17-7-12(8-19)18-14)5-13(16)10-3-2-4-11(15)6-10/h2-8,16H,1H3,(H,17,18)/b9-5-,16-13?. The van der Waals surface area contributed by atoms with Crippen LogP contribution < -0.4 is 0 Å². The summed E-state index contributed by atoms with van der Waals surface area (Å²) in [6, 6.07) is 5.84. The fourth-order valence-electron chi connectivity index (χ4n) is 1.62. The molecule has 0 bridgehead atoms. The molecule has 0 atom stereocenters. The van der Waals surface area contributed by atoms with Gasteiger partial charge in [-0.3, -0.25) is 4.79 Å². The van der Waals surface area contributed by atoms with Crippen molar-refractivity contribution in [3.8, 4) is 0 Å². The van der Waals surface area contributed by atoms with E-state index in [0.29, 0.717) is 28.9 Å². The van der Waals surface area contributed by atoms with Crippen molar-refractivity contribution in [3.05, 3.63) is 59.4 Å². The topological polar surface area (TPSA) is 69.6 Å². The second kappa shape index (κ2) is 5.39.